The van der Waals surface area contributed by atoms with Crippen LogP contribution in [0.25, 0.3) is 76.1 Å². The van der Waals surface area contributed by atoms with Gasteiger partial charge in [-0.05, 0) is 112 Å². The molecule has 8 aromatic rings. The van der Waals surface area contributed by atoms with Crippen LogP contribution in [0, 0.1) is 0 Å². The number of benzene rings is 8. The zero-order valence-corrected chi connectivity index (χ0v) is 24.0. The fraction of sp³-hybridized carbons (Fsp3) is 0.116. The molecule has 2 aliphatic rings. The van der Waals surface area contributed by atoms with Crippen molar-refractivity contribution in [2.24, 2.45) is 0 Å². The normalized spacial score (nSPS) is 15.3. The molecule has 0 bridgehead atoms. The molecule has 8 aromatic carbocycles. The molecule has 43 heavy (non-hydrogen) atoms. The van der Waals surface area contributed by atoms with Crippen molar-refractivity contribution in [2.75, 3.05) is 0 Å². The van der Waals surface area contributed by atoms with E-state index in [1.807, 2.05) is 0 Å². The van der Waals surface area contributed by atoms with Gasteiger partial charge in [-0.3, -0.25) is 0 Å². The molecule has 0 N–H and O–H groups in total. The maximum Gasteiger partial charge on any atom is 0.0215 e. The molecule has 0 aromatic heterocycles. The van der Waals surface area contributed by atoms with E-state index in [0.717, 1.165) is 0 Å². The van der Waals surface area contributed by atoms with E-state index in [2.05, 4.69) is 133 Å². The quantitative estimate of drug-likeness (QED) is 0.180. The predicted octanol–water partition coefficient (Wildman–Crippen LogP) is 12.0. The first kappa shape index (κ1) is 23.6. The van der Waals surface area contributed by atoms with Crippen LogP contribution >= 0.6 is 0 Å². The van der Waals surface area contributed by atoms with E-state index in [-0.39, 0.29) is 5.41 Å². The zero-order chi connectivity index (χ0) is 28.1. The van der Waals surface area contributed by atoms with Crippen molar-refractivity contribution in [1.82, 2.24) is 0 Å². The molecule has 0 atom stereocenters. The van der Waals surface area contributed by atoms with Crippen molar-refractivity contribution >= 4 is 53.9 Å². The van der Waals surface area contributed by atoms with E-state index >= 15 is 0 Å². The van der Waals surface area contributed by atoms with Crippen molar-refractivity contribution in [3.63, 3.8) is 0 Å². The van der Waals surface area contributed by atoms with Crippen molar-refractivity contribution < 1.29 is 0 Å². The van der Waals surface area contributed by atoms with Crippen LogP contribution in [0.15, 0.2) is 133 Å². The summed E-state index contributed by atoms with van der Waals surface area (Å²) < 4.78 is 0. The molecule has 0 heteroatoms. The summed E-state index contributed by atoms with van der Waals surface area (Å²) in [4.78, 5) is 0. The third kappa shape index (κ3) is 3.06. The number of hydrogen-bond acceptors (Lipinski definition) is 0. The highest BCUT2D eigenvalue weighted by molar-refractivity contribution is 6.39. The smallest absolute Gasteiger partial charge is 0.0215 e. The summed E-state index contributed by atoms with van der Waals surface area (Å²) in [5, 5.41) is 13.4. The van der Waals surface area contributed by atoms with E-state index in [1.54, 1.807) is 11.1 Å². The van der Waals surface area contributed by atoms with E-state index in [1.165, 1.54) is 102 Å². The van der Waals surface area contributed by atoms with Gasteiger partial charge in [-0.25, -0.2) is 0 Å². The van der Waals surface area contributed by atoms with Crippen LogP contribution in [0.3, 0.4) is 0 Å². The Morgan fingerprint density at radius 2 is 0.814 bits per heavy atom. The molecular formula is C43H30. The van der Waals surface area contributed by atoms with Crippen LogP contribution < -0.4 is 0 Å². The average molecular weight is 547 g/mol. The molecule has 10 rings (SSSR count). The Morgan fingerprint density at radius 1 is 0.349 bits per heavy atom. The minimum atomic E-state index is 0.177. The molecule has 0 unspecified atom stereocenters. The predicted molar refractivity (Wildman–Crippen MR) is 184 cm³/mol. The molecule has 0 saturated heterocycles. The molecular weight excluding hydrogens is 516 g/mol. The maximum absolute atomic E-state index is 2.54. The molecule has 0 nitrogen and oxygen atoms in total. The number of rotatable bonds is 1. The first-order valence-corrected chi connectivity index (χ1v) is 15.7. The van der Waals surface area contributed by atoms with Crippen molar-refractivity contribution in [1.29, 1.82) is 0 Å². The van der Waals surface area contributed by atoms with Crippen LogP contribution in [0.5, 0.6) is 0 Å². The summed E-state index contributed by atoms with van der Waals surface area (Å²) >= 11 is 0. The average Bonchev–Trinajstić information content (AvgIpc) is 3.68. The van der Waals surface area contributed by atoms with Gasteiger partial charge in [0, 0.05) is 5.41 Å². The lowest BCUT2D eigenvalue weighted by atomic mass is 9.76. The van der Waals surface area contributed by atoms with Crippen LogP contribution in [0.2, 0.25) is 0 Å². The first-order chi connectivity index (χ1) is 21.3. The summed E-state index contributed by atoms with van der Waals surface area (Å²) in [5.74, 6) is 0. The van der Waals surface area contributed by atoms with Crippen LogP contribution in [-0.4, -0.2) is 0 Å². The van der Waals surface area contributed by atoms with Crippen LogP contribution in [-0.2, 0) is 5.41 Å². The summed E-state index contributed by atoms with van der Waals surface area (Å²) in [6.45, 7) is 0. The Bertz CT molecular complexity index is 2440. The largest absolute Gasteiger partial charge is 0.0619 e. The van der Waals surface area contributed by atoms with Gasteiger partial charge in [-0.1, -0.05) is 134 Å². The third-order valence-corrected chi connectivity index (χ3v) is 10.8. The second-order valence-corrected chi connectivity index (χ2v) is 12.7. The summed E-state index contributed by atoms with van der Waals surface area (Å²) in [7, 11) is 0. The van der Waals surface area contributed by atoms with Crippen molar-refractivity contribution in [3.8, 4) is 22.3 Å². The molecule has 0 aliphatic heterocycles. The highest BCUT2D eigenvalue weighted by atomic mass is 14.5. The van der Waals surface area contributed by atoms with Gasteiger partial charge in [0.1, 0.15) is 0 Å². The topological polar surface area (TPSA) is 0 Å². The number of hydrogen-bond donors (Lipinski definition) is 0. The van der Waals surface area contributed by atoms with Crippen molar-refractivity contribution in [3.05, 3.63) is 145 Å². The van der Waals surface area contributed by atoms with E-state index < -0.39 is 0 Å². The van der Waals surface area contributed by atoms with E-state index in [0.29, 0.717) is 0 Å². The van der Waals surface area contributed by atoms with Gasteiger partial charge in [0.15, 0.2) is 0 Å². The maximum atomic E-state index is 2.54. The van der Waals surface area contributed by atoms with Gasteiger partial charge in [0.25, 0.3) is 0 Å². The minimum Gasteiger partial charge on any atom is -0.0619 e. The second-order valence-electron chi connectivity index (χ2n) is 12.7. The van der Waals surface area contributed by atoms with Gasteiger partial charge in [0.2, 0.25) is 0 Å². The Hall–Kier alpha value is -4.94. The molecule has 0 radical (unpaired) electrons. The van der Waals surface area contributed by atoms with Crippen LogP contribution in [0.1, 0.15) is 36.8 Å². The summed E-state index contributed by atoms with van der Waals surface area (Å²) in [5.41, 5.74) is 8.78. The second kappa shape index (κ2) is 8.55. The molecule has 1 fully saturated rings. The molecule has 2 aliphatic carbocycles. The fourth-order valence-corrected chi connectivity index (χ4v) is 8.95. The Labute approximate surface area is 251 Å². The minimum absolute atomic E-state index is 0.177. The van der Waals surface area contributed by atoms with Gasteiger partial charge in [0.05, 0.1) is 0 Å². The van der Waals surface area contributed by atoms with Gasteiger partial charge >= 0.3 is 0 Å². The molecule has 0 heterocycles. The monoisotopic (exact) mass is 546 g/mol. The summed E-state index contributed by atoms with van der Waals surface area (Å²) in [6.07, 6.45) is 5.14. The first-order valence-electron chi connectivity index (χ1n) is 15.7. The van der Waals surface area contributed by atoms with E-state index in [4.69, 9.17) is 0 Å². The highest BCUT2D eigenvalue weighted by Crippen LogP contribution is 2.57. The summed E-state index contributed by atoms with van der Waals surface area (Å²) in [6, 6.07) is 50.6. The lowest BCUT2D eigenvalue weighted by Crippen LogP contribution is -2.20. The molecule has 1 saturated carbocycles. The molecule has 1 spiro atoms. The van der Waals surface area contributed by atoms with Crippen molar-refractivity contribution in [2.45, 2.75) is 31.1 Å². The SMILES string of the molecule is c1ccc2c(c1)-c1ccc(-c3ccc4c5ccccc5c5c6ccccc6c6ccccc6c5c4c3)cc1C21CCCC1. The Balaban J connectivity index is 1.31. The van der Waals surface area contributed by atoms with Crippen LogP contribution in [0.4, 0.5) is 0 Å². The van der Waals surface area contributed by atoms with E-state index in [9.17, 15) is 0 Å². The molecule has 202 valence electrons. The molecule has 0 amide bonds. The van der Waals surface area contributed by atoms with Gasteiger partial charge in [-0.2, -0.15) is 0 Å². The Morgan fingerprint density at radius 3 is 1.47 bits per heavy atom. The standard InChI is InChI=1S/C43H30/c1-4-15-35-29(11-1)30-12-2-6-17-37(30)42-38-25-27(19-21-32(38)31-13-3-5-16-36(31)41(35)42)28-20-22-34-33-14-7-8-18-39(33)43(40(34)26-28)23-9-10-24-43/h1-8,11-22,25-26H,9-10,23-24H2. The zero-order valence-electron chi connectivity index (χ0n) is 24.0. The fourth-order valence-electron chi connectivity index (χ4n) is 8.95. The van der Waals surface area contributed by atoms with Gasteiger partial charge in [-0.15, -0.1) is 0 Å². The third-order valence-electron chi connectivity index (χ3n) is 10.8. The highest BCUT2D eigenvalue weighted by Gasteiger charge is 2.44. The lowest BCUT2D eigenvalue weighted by molar-refractivity contribution is 0.550. The number of fused-ring (bicyclic) bond motifs is 16. The lowest BCUT2D eigenvalue weighted by Gasteiger charge is -2.27. The Kier molecular flexibility index (Phi) is 4.70. The van der Waals surface area contributed by atoms with Gasteiger partial charge < -0.3 is 0 Å².